The number of aryl methyl sites for hydroxylation is 1. The minimum absolute atomic E-state index is 0.116. The number of halogens is 2. The average molecular weight is 391 g/mol. The number of aromatic nitrogens is 1. The molecule has 0 fully saturated rings. The van der Waals surface area contributed by atoms with Crippen molar-refractivity contribution in [2.45, 2.75) is 11.8 Å². The molecule has 2 N–H and O–H groups in total. The summed E-state index contributed by atoms with van der Waals surface area (Å²) in [4.78, 5) is 4.10. The lowest BCUT2D eigenvalue weighted by atomic mass is 10.2. The highest BCUT2D eigenvalue weighted by Gasteiger charge is 2.17. The lowest BCUT2D eigenvalue weighted by Crippen LogP contribution is -2.14. The van der Waals surface area contributed by atoms with E-state index in [1.54, 1.807) is 19.2 Å². The Morgan fingerprint density at radius 3 is 2.67 bits per heavy atom. The molecule has 1 aromatic carbocycles. The molecule has 0 unspecified atom stereocenters. The zero-order chi connectivity index (χ0) is 15.6. The van der Waals surface area contributed by atoms with Crippen LogP contribution in [0.1, 0.15) is 5.56 Å². The van der Waals surface area contributed by atoms with Gasteiger partial charge in [0.05, 0.1) is 10.6 Å². The molecule has 0 aliphatic carbocycles. The average Bonchev–Trinajstić information content (AvgIpc) is 2.44. The van der Waals surface area contributed by atoms with Crippen LogP contribution < -0.4 is 10.0 Å². The van der Waals surface area contributed by atoms with E-state index in [4.69, 9.17) is 11.6 Å². The second kappa shape index (κ2) is 6.21. The number of benzene rings is 1. The topological polar surface area (TPSA) is 71.1 Å². The number of nitrogens with zero attached hydrogens (tertiary/aromatic N) is 1. The summed E-state index contributed by atoms with van der Waals surface area (Å²) in [7, 11) is -2.05. The van der Waals surface area contributed by atoms with Gasteiger partial charge < -0.3 is 5.32 Å². The Morgan fingerprint density at radius 2 is 2.00 bits per heavy atom. The van der Waals surface area contributed by atoms with Crippen LogP contribution in [0.2, 0.25) is 5.02 Å². The van der Waals surface area contributed by atoms with Gasteiger partial charge in [-0.3, -0.25) is 4.72 Å². The molecule has 112 valence electrons. The van der Waals surface area contributed by atoms with Gasteiger partial charge in [-0.25, -0.2) is 13.4 Å². The van der Waals surface area contributed by atoms with Crippen LogP contribution in [0.15, 0.2) is 39.8 Å². The van der Waals surface area contributed by atoms with Crippen LogP contribution in [0.5, 0.6) is 0 Å². The summed E-state index contributed by atoms with van der Waals surface area (Å²) in [6.45, 7) is 1.84. The third-order valence-corrected chi connectivity index (χ3v) is 5.22. The predicted molar refractivity (Wildman–Crippen MR) is 88.5 cm³/mol. The van der Waals surface area contributed by atoms with Crippen molar-refractivity contribution in [1.82, 2.24) is 4.98 Å². The maximum atomic E-state index is 12.4. The van der Waals surface area contributed by atoms with Gasteiger partial charge in [-0.05, 0) is 46.6 Å². The number of pyridine rings is 1. The Kier molecular flexibility index (Phi) is 4.75. The van der Waals surface area contributed by atoms with Crippen molar-refractivity contribution in [3.63, 3.8) is 0 Å². The lowest BCUT2D eigenvalue weighted by molar-refractivity contribution is 0.601. The van der Waals surface area contributed by atoms with Gasteiger partial charge in [0.2, 0.25) is 0 Å². The fourth-order valence-electron chi connectivity index (χ4n) is 1.64. The zero-order valence-electron chi connectivity index (χ0n) is 11.3. The molecule has 1 heterocycles. The Labute approximate surface area is 136 Å². The van der Waals surface area contributed by atoms with E-state index in [0.717, 1.165) is 5.56 Å². The number of sulfonamides is 1. The third-order valence-electron chi connectivity index (χ3n) is 2.79. The van der Waals surface area contributed by atoms with Crippen LogP contribution >= 0.6 is 27.5 Å². The maximum Gasteiger partial charge on any atom is 0.262 e. The molecule has 0 saturated carbocycles. The summed E-state index contributed by atoms with van der Waals surface area (Å²) in [5.74, 6) is 0.471. The molecule has 5 nitrogen and oxygen atoms in total. The van der Waals surface area contributed by atoms with Crippen molar-refractivity contribution < 1.29 is 8.42 Å². The van der Waals surface area contributed by atoms with Gasteiger partial charge in [0.1, 0.15) is 5.82 Å². The molecule has 0 atom stereocenters. The lowest BCUT2D eigenvalue weighted by Gasteiger charge is -2.12. The largest absolute Gasteiger partial charge is 0.373 e. The zero-order valence-corrected chi connectivity index (χ0v) is 14.5. The Morgan fingerprint density at radius 1 is 1.29 bits per heavy atom. The smallest absolute Gasteiger partial charge is 0.262 e. The summed E-state index contributed by atoms with van der Waals surface area (Å²) in [5, 5.41) is 3.29. The minimum atomic E-state index is -3.72. The van der Waals surface area contributed by atoms with Gasteiger partial charge in [0.25, 0.3) is 10.0 Å². The highest BCUT2D eigenvalue weighted by atomic mass is 79.9. The molecule has 0 amide bonds. The van der Waals surface area contributed by atoms with E-state index in [0.29, 0.717) is 21.0 Å². The van der Waals surface area contributed by atoms with E-state index in [2.05, 4.69) is 31.0 Å². The van der Waals surface area contributed by atoms with Crippen LogP contribution in [0, 0.1) is 6.92 Å². The molecular formula is C13H13BrClN3O2S. The molecule has 1 aromatic heterocycles. The number of hydrogen-bond acceptors (Lipinski definition) is 4. The highest BCUT2D eigenvalue weighted by Crippen LogP contribution is 2.30. The summed E-state index contributed by atoms with van der Waals surface area (Å²) < 4.78 is 27.9. The summed E-state index contributed by atoms with van der Waals surface area (Å²) in [5.41, 5.74) is 1.24. The number of rotatable bonds is 4. The van der Waals surface area contributed by atoms with Crippen LogP contribution in [0.3, 0.4) is 0 Å². The van der Waals surface area contributed by atoms with Crippen molar-refractivity contribution in [1.29, 1.82) is 0 Å². The molecule has 0 radical (unpaired) electrons. The molecule has 0 aliphatic heterocycles. The molecular weight excluding hydrogens is 378 g/mol. The number of nitrogens with one attached hydrogen (secondary N) is 2. The maximum absolute atomic E-state index is 12.4. The molecule has 2 aromatic rings. The van der Waals surface area contributed by atoms with E-state index in [-0.39, 0.29) is 4.90 Å². The SMILES string of the molecule is CNc1cc(S(=O)(=O)Nc2cc(Cl)c(C)cc2Br)ccn1. The molecule has 0 spiro atoms. The number of anilines is 2. The molecule has 8 heteroatoms. The molecule has 0 saturated heterocycles. The number of hydrogen-bond donors (Lipinski definition) is 2. The van der Waals surface area contributed by atoms with Crippen molar-refractivity contribution in [3.05, 3.63) is 45.5 Å². The molecule has 0 bridgehead atoms. The van der Waals surface area contributed by atoms with Gasteiger partial charge in [0.15, 0.2) is 0 Å². The van der Waals surface area contributed by atoms with Crippen molar-refractivity contribution >= 4 is 49.1 Å². The molecule has 2 rings (SSSR count). The van der Waals surface area contributed by atoms with Gasteiger partial charge in [-0.1, -0.05) is 11.6 Å². The van der Waals surface area contributed by atoms with E-state index in [1.807, 2.05) is 6.92 Å². The summed E-state index contributed by atoms with van der Waals surface area (Å²) in [6.07, 6.45) is 1.43. The molecule has 0 aliphatic rings. The van der Waals surface area contributed by atoms with Crippen molar-refractivity contribution in [2.75, 3.05) is 17.1 Å². The van der Waals surface area contributed by atoms with Crippen molar-refractivity contribution in [3.8, 4) is 0 Å². The fraction of sp³-hybridized carbons (Fsp3) is 0.154. The van der Waals surface area contributed by atoms with E-state index < -0.39 is 10.0 Å². The van der Waals surface area contributed by atoms with E-state index >= 15 is 0 Å². The van der Waals surface area contributed by atoms with Crippen molar-refractivity contribution in [2.24, 2.45) is 0 Å². The summed E-state index contributed by atoms with van der Waals surface area (Å²) >= 11 is 9.36. The Bertz CT molecular complexity index is 781. The predicted octanol–water partition coefficient (Wildman–Crippen LogP) is 3.65. The van der Waals surface area contributed by atoms with Gasteiger partial charge in [-0.15, -0.1) is 0 Å². The van der Waals surface area contributed by atoms with Gasteiger partial charge in [0, 0.05) is 28.8 Å². The van der Waals surface area contributed by atoms with Crippen LogP contribution in [0.25, 0.3) is 0 Å². The first kappa shape index (κ1) is 16.1. The van der Waals surface area contributed by atoms with Crippen LogP contribution in [0.4, 0.5) is 11.5 Å². The van der Waals surface area contributed by atoms with E-state index in [1.165, 1.54) is 18.3 Å². The third kappa shape index (κ3) is 3.66. The summed E-state index contributed by atoms with van der Waals surface area (Å²) in [6, 6.07) is 6.20. The first-order valence-electron chi connectivity index (χ1n) is 5.96. The van der Waals surface area contributed by atoms with Crippen LogP contribution in [-0.2, 0) is 10.0 Å². The Hall–Kier alpha value is -1.31. The minimum Gasteiger partial charge on any atom is -0.373 e. The first-order chi connectivity index (χ1) is 9.83. The highest BCUT2D eigenvalue weighted by molar-refractivity contribution is 9.10. The van der Waals surface area contributed by atoms with E-state index in [9.17, 15) is 8.42 Å². The molecule has 21 heavy (non-hydrogen) atoms. The Balaban J connectivity index is 2.39. The normalized spacial score (nSPS) is 11.2. The first-order valence-corrected chi connectivity index (χ1v) is 8.61. The van der Waals surface area contributed by atoms with Gasteiger partial charge in [-0.2, -0.15) is 0 Å². The fourth-order valence-corrected chi connectivity index (χ4v) is 3.58. The van der Waals surface area contributed by atoms with Gasteiger partial charge >= 0.3 is 0 Å². The second-order valence-electron chi connectivity index (χ2n) is 4.31. The second-order valence-corrected chi connectivity index (χ2v) is 7.26. The van der Waals surface area contributed by atoms with Crippen LogP contribution in [-0.4, -0.2) is 20.4 Å². The monoisotopic (exact) mass is 389 g/mol. The standard InChI is InChI=1S/C13H13BrClN3O2S/c1-8-5-10(14)12(7-11(8)15)18-21(19,20)9-3-4-17-13(6-9)16-2/h3-7,18H,1-2H3,(H,16,17). The quantitative estimate of drug-likeness (QED) is 0.836.